The molecular formula is C28H32N4O. The van der Waals surface area contributed by atoms with Crippen LogP contribution in [0.5, 0.6) is 0 Å². The normalized spacial score (nSPS) is 18.0. The zero-order chi connectivity index (χ0) is 22.3. The highest BCUT2D eigenvalue weighted by Gasteiger charge is 2.30. The molecule has 5 heteroatoms. The van der Waals surface area contributed by atoms with Crippen LogP contribution in [0.25, 0.3) is 0 Å². The molecule has 1 atom stereocenters. The standard InChI is InChI=1S/C28H32N4O/c1-2-15-30-25(8-1)19-29-18-22-11-13-23(14-12-22)20-32(21-26-9-5-17-33-26)27-10-3-6-24-7-4-16-31-28(24)27/h1-2,5-6,8-9,11-15,17,27,29H,3-4,7,10,16,18-21H2. The third-order valence-electron chi connectivity index (χ3n) is 6.51. The second-order valence-corrected chi connectivity index (χ2v) is 8.92. The van der Waals surface area contributed by atoms with E-state index in [4.69, 9.17) is 9.41 Å². The lowest BCUT2D eigenvalue weighted by atomic mass is 9.86. The summed E-state index contributed by atoms with van der Waals surface area (Å²) in [5.74, 6) is 1.01. The molecule has 0 saturated heterocycles. The molecule has 0 saturated carbocycles. The topological polar surface area (TPSA) is 53.7 Å². The summed E-state index contributed by atoms with van der Waals surface area (Å²) in [7, 11) is 0. The Morgan fingerprint density at radius 3 is 2.70 bits per heavy atom. The van der Waals surface area contributed by atoms with Crippen LogP contribution in [0.15, 0.2) is 88.1 Å². The van der Waals surface area contributed by atoms with Crippen molar-refractivity contribution in [1.29, 1.82) is 0 Å². The van der Waals surface area contributed by atoms with Gasteiger partial charge in [-0.15, -0.1) is 0 Å². The zero-order valence-electron chi connectivity index (χ0n) is 19.1. The van der Waals surface area contributed by atoms with Crippen LogP contribution < -0.4 is 5.32 Å². The maximum absolute atomic E-state index is 5.72. The molecule has 5 nitrogen and oxygen atoms in total. The van der Waals surface area contributed by atoms with E-state index in [9.17, 15) is 0 Å². The van der Waals surface area contributed by atoms with Crippen LogP contribution in [0.1, 0.15) is 48.3 Å². The van der Waals surface area contributed by atoms with Gasteiger partial charge in [-0.1, -0.05) is 36.4 Å². The average molecular weight is 441 g/mol. The number of pyridine rings is 1. The van der Waals surface area contributed by atoms with E-state index in [-0.39, 0.29) is 0 Å². The zero-order valence-corrected chi connectivity index (χ0v) is 19.1. The fourth-order valence-corrected chi connectivity index (χ4v) is 4.85. The fraction of sp³-hybridized carbons (Fsp3) is 0.357. The number of furan rings is 1. The quantitative estimate of drug-likeness (QED) is 0.491. The number of aliphatic imine (C=N–C) groups is 1. The predicted octanol–water partition coefficient (Wildman–Crippen LogP) is 5.29. The van der Waals surface area contributed by atoms with E-state index in [2.05, 4.69) is 51.6 Å². The lowest BCUT2D eigenvalue weighted by Crippen LogP contribution is -2.43. The monoisotopic (exact) mass is 440 g/mol. The first-order valence-electron chi connectivity index (χ1n) is 12.0. The molecule has 1 unspecified atom stereocenters. The van der Waals surface area contributed by atoms with Gasteiger partial charge in [-0.05, 0) is 66.6 Å². The van der Waals surface area contributed by atoms with Gasteiger partial charge in [0.1, 0.15) is 5.76 Å². The lowest BCUT2D eigenvalue weighted by molar-refractivity contribution is 0.196. The highest BCUT2D eigenvalue weighted by Crippen LogP contribution is 2.29. The number of fused-ring (bicyclic) bond motifs is 1. The van der Waals surface area contributed by atoms with Crippen molar-refractivity contribution in [3.05, 3.63) is 101 Å². The first-order chi connectivity index (χ1) is 16.3. The Morgan fingerprint density at radius 2 is 1.88 bits per heavy atom. The summed E-state index contributed by atoms with van der Waals surface area (Å²) in [5, 5.41) is 3.48. The number of hydrogen-bond acceptors (Lipinski definition) is 5. The van der Waals surface area contributed by atoms with Gasteiger partial charge in [0.2, 0.25) is 0 Å². The predicted molar refractivity (Wildman–Crippen MR) is 132 cm³/mol. The number of nitrogens with one attached hydrogen (secondary N) is 1. The van der Waals surface area contributed by atoms with Crippen LogP contribution >= 0.6 is 0 Å². The van der Waals surface area contributed by atoms with Gasteiger partial charge in [0.25, 0.3) is 0 Å². The molecular weight excluding hydrogens is 408 g/mol. The van der Waals surface area contributed by atoms with E-state index in [0.29, 0.717) is 6.04 Å². The van der Waals surface area contributed by atoms with Crippen LogP contribution in [-0.4, -0.2) is 28.2 Å². The Bertz CT molecular complexity index is 1070. The molecule has 3 aromatic rings. The van der Waals surface area contributed by atoms with E-state index in [0.717, 1.165) is 57.0 Å². The molecule has 3 heterocycles. The van der Waals surface area contributed by atoms with E-state index in [1.54, 1.807) is 6.26 Å². The highest BCUT2D eigenvalue weighted by atomic mass is 16.3. The summed E-state index contributed by atoms with van der Waals surface area (Å²) in [5.41, 5.74) is 6.45. The summed E-state index contributed by atoms with van der Waals surface area (Å²) in [6, 6.07) is 19.4. The molecule has 1 aromatic carbocycles. The van der Waals surface area contributed by atoms with E-state index < -0.39 is 0 Å². The summed E-state index contributed by atoms with van der Waals surface area (Å²) >= 11 is 0. The van der Waals surface area contributed by atoms with E-state index in [1.807, 2.05) is 30.5 Å². The molecule has 0 fully saturated rings. The minimum atomic E-state index is 0.357. The Morgan fingerprint density at radius 1 is 0.970 bits per heavy atom. The molecule has 1 aliphatic carbocycles. The SMILES string of the molecule is C1=C2CCCN=C2C(N(Cc2ccc(CNCc3ccccn3)cc2)Cc2ccco2)CC1. The van der Waals surface area contributed by atoms with Crippen LogP contribution in [-0.2, 0) is 26.2 Å². The molecule has 170 valence electrons. The van der Waals surface area contributed by atoms with Crippen molar-refractivity contribution in [3.63, 3.8) is 0 Å². The second-order valence-electron chi connectivity index (χ2n) is 8.92. The Balaban J connectivity index is 1.26. The molecule has 1 N–H and O–H groups in total. The minimum Gasteiger partial charge on any atom is -0.468 e. The van der Waals surface area contributed by atoms with Crippen molar-refractivity contribution in [3.8, 4) is 0 Å². The first kappa shape index (κ1) is 21.8. The maximum Gasteiger partial charge on any atom is 0.117 e. The molecule has 33 heavy (non-hydrogen) atoms. The minimum absolute atomic E-state index is 0.357. The van der Waals surface area contributed by atoms with Crippen molar-refractivity contribution < 1.29 is 4.42 Å². The van der Waals surface area contributed by atoms with Crippen molar-refractivity contribution in [1.82, 2.24) is 15.2 Å². The van der Waals surface area contributed by atoms with Crippen molar-refractivity contribution >= 4 is 5.71 Å². The Hall–Kier alpha value is -3.02. The van der Waals surface area contributed by atoms with Crippen molar-refractivity contribution in [2.75, 3.05) is 6.54 Å². The van der Waals surface area contributed by atoms with Gasteiger partial charge < -0.3 is 9.73 Å². The number of nitrogens with zero attached hydrogens (tertiary/aromatic N) is 3. The smallest absolute Gasteiger partial charge is 0.117 e. The summed E-state index contributed by atoms with van der Waals surface area (Å²) in [6.45, 7) is 4.26. The fourth-order valence-electron chi connectivity index (χ4n) is 4.85. The molecule has 0 spiro atoms. The third-order valence-corrected chi connectivity index (χ3v) is 6.51. The van der Waals surface area contributed by atoms with Crippen LogP contribution in [0.3, 0.4) is 0 Å². The van der Waals surface area contributed by atoms with E-state index in [1.165, 1.54) is 35.3 Å². The van der Waals surface area contributed by atoms with Gasteiger partial charge in [-0.3, -0.25) is 14.9 Å². The maximum atomic E-state index is 5.72. The molecule has 5 rings (SSSR count). The van der Waals surface area contributed by atoms with Gasteiger partial charge in [0.15, 0.2) is 0 Å². The van der Waals surface area contributed by atoms with Gasteiger partial charge in [-0.2, -0.15) is 0 Å². The molecule has 0 amide bonds. The molecule has 0 radical (unpaired) electrons. The molecule has 1 aliphatic heterocycles. The first-order valence-corrected chi connectivity index (χ1v) is 12.0. The largest absolute Gasteiger partial charge is 0.468 e. The summed E-state index contributed by atoms with van der Waals surface area (Å²) < 4.78 is 5.72. The van der Waals surface area contributed by atoms with Gasteiger partial charge in [-0.25, -0.2) is 0 Å². The number of allylic oxidation sites excluding steroid dienone is 1. The van der Waals surface area contributed by atoms with E-state index >= 15 is 0 Å². The van der Waals surface area contributed by atoms with Crippen LogP contribution in [0.2, 0.25) is 0 Å². The number of benzene rings is 1. The average Bonchev–Trinajstić information content (AvgIpc) is 3.38. The van der Waals surface area contributed by atoms with Gasteiger partial charge in [0, 0.05) is 32.4 Å². The van der Waals surface area contributed by atoms with Crippen LogP contribution in [0, 0.1) is 0 Å². The number of hydrogen-bond donors (Lipinski definition) is 1. The van der Waals surface area contributed by atoms with Crippen LogP contribution in [0.4, 0.5) is 0 Å². The van der Waals surface area contributed by atoms with Crippen molar-refractivity contribution in [2.45, 2.75) is 57.9 Å². The number of rotatable bonds is 9. The van der Waals surface area contributed by atoms with Crippen molar-refractivity contribution in [2.24, 2.45) is 4.99 Å². The highest BCUT2D eigenvalue weighted by molar-refractivity contribution is 6.05. The molecule has 2 aromatic heterocycles. The molecule has 0 bridgehead atoms. The van der Waals surface area contributed by atoms with Gasteiger partial charge in [0.05, 0.1) is 30.3 Å². The Labute approximate surface area is 196 Å². The van der Waals surface area contributed by atoms with Gasteiger partial charge >= 0.3 is 0 Å². The Kier molecular flexibility index (Phi) is 7.09. The lowest BCUT2D eigenvalue weighted by Gasteiger charge is -2.36. The summed E-state index contributed by atoms with van der Waals surface area (Å²) in [4.78, 5) is 11.9. The second kappa shape index (κ2) is 10.7. The molecule has 2 aliphatic rings. The summed E-state index contributed by atoms with van der Waals surface area (Å²) in [6.07, 6.45) is 10.6. The number of aromatic nitrogens is 1. The third kappa shape index (κ3) is 5.67.